The van der Waals surface area contributed by atoms with E-state index < -0.39 is 5.97 Å². The maximum atomic E-state index is 12.5. The van der Waals surface area contributed by atoms with Crippen molar-refractivity contribution in [3.05, 3.63) is 53.1 Å². The Morgan fingerprint density at radius 2 is 2.00 bits per heavy atom. The number of carbonyl (C=O) groups is 2. The van der Waals surface area contributed by atoms with Crippen molar-refractivity contribution in [3.8, 4) is 11.8 Å². The van der Waals surface area contributed by atoms with Crippen LogP contribution in [0.25, 0.3) is 0 Å². The third-order valence-electron chi connectivity index (χ3n) is 9.25. The van der Waals surface area contributed by atoms with Gasteiger partial charge in [-0.2, -0.15) is 5.26 Å². The molecule has 1 amide bonds. The average Bonchev–Trinajstić information content (AvgIpc) is 3.55. The van der Waals surface area contributed by atoms with Gasteiger partial charge in [0.2, 0.25) is 5.91 Å². The van der Waals surface area contributed by atoms with Gasteiger partial charge in [0.05, 0.1) is 24.5 Å². The van der Waals surface area contributed by atoms with Gasteiger partial charge in [-0.05, 0) is 79.5 Å². The molecule has 4 aliphatic rings. The zero-order chi connectivity index (χ0) is 25.8. The summed E-state index contributed by atoms with van der Waals surface area (Å²) in [7, 11) is 0. The summed E-state index contributed by atoms with van der Waals surface area (Å²) < 4.78 is 6.18. The molecule has 2 bridgehead atoms. The number of ether oxygens (including phenoxy) is 1. The van der Waals surface area contributed by atoms with Crippen molar-refractivity contribution in [1.29, 1.82) is 5.26 Å². The molecular weight excluding hydrogens is 464 g/mol. The molecule has 196 valence electrons. The number of fused-ring (bicyclic) bond motifs is 2. The minimum atomic E-state index is -0.915. The van der Waals surface area contributed by atoms with Crippen LogP contribution in [-0.2, 0) is 15.0 Å². The number of aliphatic carboxylic acids is 1. The molecule has 0 aliphatic heterocycles. The molecule has 4 unspecified atom stereocenters. The minimum Gasteiger partial charge on any atom is -0.492 e. The fourth-order valence-corrected chi connectivity index (χ4v) is 7.36. The number of carboxylic acid groups (broad SMARTS) is 1. The molecule has 37 heavy (non-hydrogen) atoms. The van der Waals surface area contributed by atoms with Gasteiger partial charge in [0.25, 0.3) is 0 Å². The lowest BCUT2D eigenvalue weighted by Gasteiger charge is -2.41. The predicted octanol–water partition coefficient (Wildman–Crippen LogP) is 5.67. The second-order valence-electron chi connectivity index (χ2n) is 11.5. The van der Waals surface area contributed by atoms with Crippen LogP contribution in [0.15, 0.2) is 42.0 Å². The van der Waals surface area contributed by atoms with E-state index in [-0.39, 0.29) is 30.2 Å². The lowest BCUT2D eigenvalue weighted by atomic mass is 9.62. The zero-order valence-electron chi connectivity index (χ0n) is 21.6. The van der Waals surface area contributed by atoms with Gasteiger partial charge in [0.15, 0.2) is 0 Å². The molecule has 0 heterocycles. The van der Waals surface area contributed by atoms with Crippen molar-refractivity contribution in [3.63, 3.8) is 0 Å². The van der Waals surface area contributed by atoms with Crippen LogP contribution in [0.3, 0.4) is 0 Å². The van der Waals surface area contributed by atoms with E-state index in [4.69, 9.17) is 9.84 Å². The van der Waals surface area contributed by atoms with Gasteiger partial charge in [-0.15, -0.1) is 0 Å². The highest BCUT2D eigenvalue weighted by Crippen LogP contribution is 2.61. The van der Waals surface area contributed by atoms with Gasteiger partial charge in [-0.3, -0.25) is 9.59 Å². The Morgan fingerprint density at radius 1 is 1.16 bits per heavy atom. The van der Waals surface area contributed by atoms with E-state index in [9.17, 15) is 14.9 Å². The van der Waals surface area contributed by atoms with Crippen molar-refractivity contribution < 1.29 is 19.4 Å². The number of allylic oxidation sites excluding steroid dienone is 3. The Balaban J connectivity index is 1.34. The largest absolute Gasteiger partial charge is 0.492 e. The van der Waals surface area contributed by atoms with Gasteiger partial charge in [-0.1, -0.05) is 50.0 Å². The first kappa shape index (κ1) is 25.6. The van der Waals surface area contributed by atoms with E-state index in [1.165, 1.54) is 62.5 Å². The van der Waals surface area contributed by atoms with Crippen LogP contribution in [0.2, 0.25) is 0 Å². The number of rotatable bonds is 9. The maximum Gasteiger partial charge on any atom is 0.305 e. The Kier molecular flexibility index (Phi) is 7.69. The highest BCUT2D eigenvalue weighted by atomic mass is 16.5. The lowest BCUT2D eigenvalue weighted by molar-refractivity contribution is -0.137. The van der Waals surface area contributed by atoms with E-state index in [1.807, 2.05) is 12.1 Å². The van der Waals surface area contributed by atoms with Crippen molar-refractivity contribution in [1.82, 2.24) is 5.32 Å². The molecule has 0 aromatic heterocycles. The number of benzene rings is 1. The zero-order valence-corrected chi connectivity index (χ0v) is 21.6. The predicted molar refractivity (Wildman–Crippen MR) is 141 cm³/mol. The minimum absolute atomic E-state index is 0.0724. The molecule has 4 aliphatic carbocycles. The molecule has 0 spiro atoms. The molecule has 1 aromatic rings. The quantitative estimate of drug-likeness (QED) is 0.453. The lowest BCUT2D eigenvalue weighted by Crippen LogP contribution is -2.36. The third kappa shape index (κ3) is 5.32. The van der Waals surface area contributed by atoms with Crippen LogP contribution >= 0.6 is 0 Å². The van der Waals surface area contributed by atoms with E-state index in [2.05, 4.69) is 35.7 Å². The number of carbonyl (C=O) groups excluding carboxylic acids is 1. The number of nitriles is 1. The monoisotopic (exact) mass is 502 g/mol. The summed E-state index contributed by atoms with van der Waals surface area (Å²) in [6.07, 6.45) is 17.9. The van der Waals surface area contributed by atoms with Crippen LogP contribution in [0.4, 0.5) is 0 Å². The molecule has 5 rings (SSSR count). The normalized spacial score (nSPS) is 28.9. The Hall–Kier alpha value is -3.07. The summed E-state index contributed by atoms with van der Waals surface area (Å²) in [5.74, 6) is 1.20. The Bertz CT molecular complexity index is 1130. The van der Waals surface area contributed by atoms with Crippen molar-refractivity contribution >= 4 is 11.9 Å². The summed E-state index contributed by atoms with van der Waals surface area (Å²) in [6, 6.07) is 8.66. The molecule has 3 fully saturated rings. The highest BCUT2D eigenvalue weighted by Gasteiger charge is 2.53. The highest BCUT2D eigenvalue weighted by molar-refractivity contribution is 5.81. The second-order valence-corrected chi connectivity index (χ2v) is 11.5. The van der Waals surface area contributed by atoms with Gasteiger partial charge >= 0.3 is 5.97 Å². The first-order chi connectivity index (χ1) is 18.0. The van der Waals surface area contributed by atoms with E-state index >= 15 is 0 Å². The van der Waals surface area contributed by atoms with Gasteiger partial charge in [0.1, 0.15) is 11.8 Å². The van der Waals surface area contributed by atoms with Crippen LogP contribution in [0.5, 0.6) is 5.75 Å². The van der Waals surface area contributed by atoms with E-state index in [0.717, 1.165) is 6.42 Å². The Morgan fingerprint density at radius 3 is 2.65 bits per heavy atom. The molecule has 3 saturated carbocycles. The molecule has 1 aromatic carbocycles. The number of nitrogens with zero attached hydrogens (tertiary/aromatic N) is 1. The summed E-state index contributed by atoms with van der Waals surface area (Å²) >= 11 is 0. The van der Waals surface area contributed by atoms with Crippen molar-refractivity contribution in [2.75, 3.05) is 13.2 Å². The maximum absolute atomic E-state index is 12.5. The first-order valence-electron chi connectivity index (χ1n) is 14.1. The molecule has 0 saturated heterocycles. The molecule has 6 heteroatoms. The number of hydrogen-bond donors (Lipinski definition) is 2. The number of nitrogens with one attached hydrogen (secondary N) is 1. The SMILES string of the molecule is N#Cc1cc(C2(C3=CCC(C(=O)NCCC(=O)O)C=C3)CC3CCC2C3)ccc1OCC1CCCCC1. The van der Waals surface area contributed by atoms with Crippen molar-refractivity contribution in [2.45, 2.75) is 76.0 Å². The van der Waals surface area contributed by atoms with Crippen LogP contribution in [0, 0.1) is 35.0 Å². The molecule has 0 radical (unpaired) electrons. The van der Waals surface area contributed by atoms with E-state index in [1.54, 1.807) is 0 Å². The molecule has 6 nitrogen and oxygen atoms in total. The fraction of sp³-hybridized carbons (Fsp3) is 0.581. The van der Waals surface area contributed by atoms with Gasteiger partial charge in [-0.25, -0.2) is 0 Å². The van der Waals surface area contributed by atoms with Crippen LogP contribution in [-0.4, -0.2) is 30.1 Å². The number of carboxylic acids is 1. The summed E-state index contributed by atoms with van der Waals surface area (Å²) in [5, 5.41) is 21.6. The third-order valence-corrected chi connectivity index (χ3v) is 9.25. The first-order valence-corrected chi connectivity index (χ1v) is 14.1. The van der Waals surface area contributed by atoms with E-state index in [0.29, 0.717) is 42.1 Å². The summed E-state index contributed by atoms with van der Waals surface area (Å²) in [5.41, 5.74) is 2.94. The number of hydrogen-bond acceptors (Lipinski definition) is 4. The van der Waals surface area contributed by atoms with Crippen LogP contribution in [0.1, 0.15) is 81.8 Å². The smallest absolute Gasteiger partial charge is 0.305 e. The molecule has 4 atom stereocenters. The summed E-state index contributed by atoms with van der Waals surface area (Å²) in [6.45, 7) is 0.836. The summed E-state index contributed by atoms with van der Waals surface area (Å²) in [4.78, 5) is 23.3. The van der Waals surface area contributed by atoms with Gasteiger partial charge in [0, 0.05) is 12.0 Å². The second kappa shape index (κ2) is 11.1. The van der Waals surface area contributed by atoms with Gasteiger partial charge < -0.3 is 15.2 Å². The topological polar surface area (TPSA) is 99.4 Å². The average molecular weight is 503 g/mol. The van der Waals surface area contributed by atoms with Crippen LogP contribution < -0.4 is 10.1 Å². The van der Waals surface area contributed by atoms with Crippen molar-refractivity contribution in [2.24, 2.45) is 23.7 Å². The molecule has 2 N–H and O–H groups in total. The molecular formula is C31H38N2O4. The standard InChI is InChI=1S/C31H38N2O4/c32-19-24-17-27(12-13-28(24)37-20-21-4-2-1-3-5-21)31(18-22-6-9-26(31)16-22)25-10-7-23(8-11-25)30(36)33-15-14-29(34)35/h7,10-13,17,21-23,26H,1-6,8-9,14-16,18,20H2,(H,33,36)(H,34,35). The Labute approximate surface area is 219 Å². The number of amides is 1. The fourth-order valence-electron chi connectivity index (χ4n) is 7.36.